The van der Waals surface area contributed by atoms with Gasteiger partial charge in [0.05, 0.1) is 12.2 Å². The Labute approximate surface area is 204 Å². The van der Waals surface area contributed by atoms with Gasteiger partial charge in [-0.3, -0.25) is 19.6 Å². The van der Waals surface area contributed by atoms with Crippen LogP contribution in [0.25, 0.3) is 0 Å². The molecular formula is C18H18N8O5S3. The highest BCUT2D eigenvalue weighted by atomic mass is 32.2. The number of thioether (sulfide) groups is 2. The number of aromatic nitrogens is 4. The van der Waals surface area contributed by atoms with Gasteiger partial charge in [-0.25, -0.2) is 9.78 Å². The number of hydrogen-bond donors (Lipinski definition) is 4. The first-order chi connectivity index (χ1) is 16.4. The van der Waals surface area contributed by atoms with Crippen molar-refractivity contribution in [3.05, 3.63) is 40.0 Å². The van der Waals surface area contributed by atoms with E-state index in [2.05, 4.69) is 30.9 Å². The quantitative estimate of drug-likeness (QED) is 0.153. The summed E-state index contributed by atoms with van der Waals surface area (Å²) < 4.78 is 0. The minimum absolute atomic E-state index is 0.112. The highest BCUT2D eigenvalue weighted by molar-refractivity contribution is 8.03. The van der Waals surface area contributed by atoms with Crippen molar-refractivity contribution in [3.63, 3.8) is 0 Å². The molecule has 5 N–H and O–H groups in total. The first-order valence-corrected chi connectivity index (χ1v) is 12.5. The van der Waals surface area contributed by atoms with Crippen LogP contribution in [0.5, 0.6) is 0 Å². The Hall–Kier alpha value is -3.37. The van der Waals surface area contributed by atoms with E-state index < -0.39 is 29.9 Å². The monoisotopic (exact) mass is 522 g/mol. The third-order valence-corrected chi connectivity index (χ3v) is 7.44. The smallest absolute Gasteiger partial charge is 0.353 e. The summed E-state index contributed by atoms with van der Waals surface area (Å²) in [6.45, 7) is 0. The number of carbonyl (C=O) groups excluding carboxylic acids is 2. The van der Waals surface area contributed by atoms with Crippen LogP contribution in [0, 0.1) is 0 Å². The average molecular weight is 523 g/mol. The second-order valence-corrected chi connectivity index (χ2v) is 9.80. The number of amides is 2. The number of carboxylic acid groups (broad SMARTS) is 1. The molecule has 1 fully saturated rings. The van der Waals surface area contributed by atoms with E-state index in [9.17, 15) is 19.5 Å². The minimum atomic E-state index is -1.22. The number of aliphatic carboxylic acids is 1. The molecule has 2 aliphatic heterocycles. The number of nitrogen functional groups attached to an aromatic ring is 1. The Balaban J connectivity index is 1.46. The molecule has 2 atom stereocenters. The summed E-state index contributed by atoms with van der Waals surface area (Å²) in [7, 11) is 1.28. The van der Waals surface area contributed by atoms with Gasteiger partial charge < -0.3 is 21.0 Å². The molecule has 1 saturated heterocycles. The number of nitrogens with zero attached hydrogens (tertiary/aromatic N) is 5. The molecule has 2 aromatic rings. The van der Waals surface area contributed by atoms with E-state index in [0.29, 0.717) is 16.4 Å². The Morgan fingerprint density at radius 2 is 2.35 bits per heavy atom. The molecule has 0 bridgehead atoms. The van der Waals surface area contributed by atoms with Crippen LogP contribution >= 0.6 is 34.9 Å². The maximum absolute atomic E-state index is 12.9. The SMILES string of the molecule is CON=C(C(=O)N[C@@H]1C(=O)N2C(C(=O)O)=C(/C=C/CSc3cnn[nH]3)SC[C@H]12)c1csc(N)n1. The lowest BCUT2D eigenvalue weighted by atomic mass is 9.94. The van der Waals surface area contributed by atoms with Crippen LogP contribution in [0.15, 0.2) is 44.5 Å². The normalized spacial score (nSPS) is 20.3. The van der Waals surface area contributed by atoms with Gasteiger partial charge in [0, 0.05) is 21.8 Å². The van der Waals surface area contributed by atoms with Crippen LogP contribution in [-0.4, -0.2) is 84.6 Å². The number of anilines is 1. The summed E-state index contributed by atoms with van der Waals surface area (Å²) in [6.07, 6.45) is 5.06. The number of carbonyl (C=O) groups is 3. The number of hydrogen-bond acceptors (Lipinski definition) is 12. The van der Waals surface area contributed by atoms with Crippen LogP contribution in [0.3, 0.4) is 0 Å². The molecule has 0 saturated carbocycles. The summed E-state index contributed by atoms with van der Waals surface area (Å²) in [5.41, 5.74) is 5.60. The number of allylic oxidation sites excluding steroid dienone is 1. The van der Waals surface area contributed by atoms with E-state index in [-0.39, 0.29) is 22.2 Å². The van der Waals surface area contributed by atoms with Crippen LogP contribution in [-0.2, 0) is 19.2 Å². The molecule has 0 unspecified atom stereocenters. The Kier molecular flexibility index (Phi) is 7.18. The highest BCUT2D eigenvalue weighted by Crippen LogP contribution is 2.39. The second-order valence-electron chi connectivity index (χ2n) is 6.78. The van der Waals surface area contributed by atoms with E-state index in [1.54, 1.807) is 23.7 Å². The lowest BCUT2D eigenvalue weighted by molar-refractivity contribution is -0.153. The molecule has 4 heterocycles. The molecule has 16 heteroatoms. The van der Waals surface area contributed by atoms with Gasteiger partial charge in [-0.05, 0) is 6.08 Å². The van der Waals surface area contributed by atoms with Gasteiger partial charge in [-0.15, -0.1) is 40.0 Å². The van der Waals surface area contributed by atoms with Crippen molar-refractivity contribution in [1.82, 2.24) is 30.6 Å². The van der Waals surface area contributed by atoms with Gasteiger partial charge in [0.15, 0.2) is 10.8 Å². The highest BCUT2D eigenvalue weighted by Gasteiger charge is 2.53. The summed E-state index contributed by atoms with van der Waals surface area (Å²) in [5.74, 6) is -1.45. The second kappa shape index (κ2) is 10.3. The third-order valence-electron chi connectivity index (χ3n) is 4.75. The number of oxime groups is 1. The summed E-state index contributed by atoms with van der Waals surface area (Å²) in [6, 6.07) is -1.42. The van der Waals surface area contributed by atoms with Crippen molar-refractivity contribution in [3.8, 4) is 0 Å². The van der Waals surface area contributed by atoms with Crippen molar-refractivity contribution in [2.75, 3.05) is 24.3 Å². The number of nitrogens with one attached hydrogen (secondary N) is 2. The number of aromatic amines is 1. The number of nitrogens with two attached hydrogens (primary N) is 1. The first kappa shape index (κ1) is 23.8. The average Bonchev–Trinajstić information content (AvgIpc) is 3.49. The maximum Gasteiger partial charge on any atom is 0.353 e. The number of fused-ring (bicyclic) bond motifs is 1. The van der Waals surface area contributed by atoms with Crippen LogP contribution in [0.1, 0.15) is 5.69 Å². The first-order valence-electron chi connectivity index (χ1n) is 9.63. The van der Waals surface area contributed by atoms with Crippen LogP contribution in [0.2, 0.25) is 0 Å². The topological polar surface area (TPSA) is 189 Å². The fourth-order valence-electron chi connectivity index (χ4n) is 3.30. The lowest BCUT2D eigenvalue weighted by Gasteiger charge is -2.49. The fourth-order valence-corrected chi connectivity index (χ4v) is 5.65. The molecule has 0 aliphatic carbocycles. The molecular weight excluding hydrogens is 504 g/mol. The number of rotatable bonds is 9. The maximum atomic E-state index is 12.9. The molecule has 0 spiro atoms. The lowest BCUT2D eigenvalue weighted by Crippen LogP contribution is -2.73. The third kappa shape index (κ3) is 4.78. The predicted octanol–water partition coefficient (Wildman–Crippen LogP) is 0.281. The van der Waals surface area contributed by atoms with Gasteiger partial charge in [0.25, 0.3) is 11.8 Å². The Morgan fingerprint density at radius 1 is 1.53 bits per heavy atom. The molecule has 0 radical (unpaired) electrons. The van der Waals surface area contributed by atoms with Crippen molar-refractivity contribution in [2.24, 2.45) is 5.16 Å². The van der Waals surface area contributed by atoms with Crippen molar-refractivity contribution < 1.29 is 24.3 Å². The number of carboxylic acids is 1. The zero-order valence-electron chi connectivity index (χ0n) is 17.5. The summed E-state index contributed by atoms with van der Waals surface area (Å²) in [5, 5.41) is 28.7. The van der Waals surface area contributed by atoms with Crippen LogP contribution < -0.4 is 11.1 Å². The van der Waals surface area contributed by atoms with Crippen molar-refractivity contribution >= 4 is 63.5 Å². The number of H-pyrrole nitrogens is 1. The molecule has 2 aliphatic rings. The van der Waals surface area contributed by atoms with Gasteiger partial charge in [0.2, 0.25) is 0 Å². The standard InChI is InChI=1S/C18H18N8O5S3/c1-31-24-12(8-6-34-18(19)21-8)15(27)22-13-9-7-33-10(14(17(29)30)26(9)16(13)28)3-2-4-32-11-5-20-25-23-11/h2-3,5-6,9,13H,4,7H2,1H3,(H2,19,21)(H,22,27)(H,29,30)(H,20,23,25)/b3-2+,24-12?/t9-,13+/m1/s1. The molecule has 178 valence electrons. The van der Waals surface area contributed by atoms with Crippen molar-refractivity contribution in [2.45, 2.75) is 17.1 Å². The fraction of sp³-hybridized carbons (Fsp3) is 0.278. The zero-order valence-corrected chi connectivity index (χ0v) is 19.9. The summed E-state index contributed by atoms with van der Waals surface area (Å²) >= 11 is 3.88. The number of β-lactam (4-membered cyclic amide) rings is 1. The van der Waals surface area contributed by atoms with E-state index >= 15 is 0 Å². The van der Waals surface area contributed by atoms with E-state index in [4.69, 9.17) is 10.6 Å². The molecule has 4 rings (SSSR count). The largest absolute Gasteiger partial charge is 0.477 e. The van der Waals surface area contributed by atoms with Crippen LogP contribution in [0.4, 0.5) is 5.13 Å². The van der Waals surface area contributed by atoms with E-state index in [1.807, 2.05) is 0 Å². The Bertz CT molecular complexity index is 1190. The van der Waals surface area contributed by atoms with Crippen molar-refractivity contribution in [1.29, 1.82) is 0 Å². The molecule has 34 heavy (non-hydrogen) atoms. The molecule has 2 amide bonds. The molecule has 13 nitrogen and oxygen atoms in total. The predicted molar refractivity (Wildman–Crippen MR) is 126 cm³/mol. The van der Waals surface area contributed by atoms with Gasteiger partial charge in [-0.2, -0.15) is 0 Å². The molecule has 0 aromatic carbocycles. The zero-order chi connectivity index (χ0) is 24.2. The summed E-state index contributed by atoms with van der Waals surface area (Å²) in [4.78, 5) is 48.0. The molecule has 2 aromatic heterocycles. The van der Waals surface area contributed by atoms with E-state index in [0.717, 1.165) is 16.4 Å². The number of thiazole rings is 1. The van der Waals surface area contributed by atoms with Gasteiger partial charge in [0.1, 0.15) is 29.6 Å². The Morgan fingerprint density at radius 3 is 3.00 bits per heavy atom. The van der Waals surface area contributed by atoms with Gasteiger partial charge in [-0.1, -0.05) is 16.4 Å². The van der Waals surface area contributed by atoms with Gasteiger partial charge >= 0.3 is 5.97 Å². The van der Waals surface area contributed by atoms with E-state index in [1.165, 1.54) is 35.5 Å². The minimum Gasteiger partial charge on any atom is -0.477 e.